The highest BCUT2D eigenvalue weighted by Gasteiger charge is 2.61. The molecule has 1 aromatic carbocycles. The zero-order valence-electron chi connectivity index (χ0n) is 14.5. The molecule has 2 N–H and O–H groups in total. The van der Waals surface area contributed by atoms with Crippen molar-refractivity contribution in [1.29, 1.82) is 0 Å². The van der Waals surface area contributed by atoms with Gasteiger partial charge in [0.25, 0.3) is 0 Å². The number of benzene rings is 1. The van der Waals surface area contributed by atoms with Gasteiger partial charge in [-0.05, 0) is 62.1 Å². The predicted molar refractivity (Wildman–Crippen MR) is 91.7 cm³/mol. The third kappa shape index (κ3) is 1.93. The number of aliphatic hydroxyl groups is 1. The molecule has 2 fully saturated rings. The topological polar surface area (TPSA) is 50.7 Å². The fraction of sp³-hybridized carbons (Fsp3) is 0.700. The van der Waals surface area contributed by atoms with Gasteiger partial charge in [0.05, 0.1) is 13.2 Å². The molecule has 0 spiro atoms. The van der Waals surface area contributed by atoms with Crippen molar-refractivity contribution in [3.05, 3.63) is 23.3 Å². The summed E-state index contributed by atoms with van der Waals surface area (Å²) >= 11 is 0. The van der Waals surface area contributed by atoms with Gasteiger partial charge in [0.1, 0.15) is 6.10 Å². The van der Waals surface area contributed by atoms with Crippen LogP contribution in [0.3, 0.4) is 0 Å². The maximum atomic E-state index is 10.6. The lowest BCUT2D eigenvalue weighted by atomic mass is 9.55. The van der Waals surface area contributed by atoms with Crippen LogP contribution in [0, 0.1) is 11.8 Å². The highest BCUT2D eigenvalue weighted by atomic mass is 16.5. The first kappa shape index (κ1) is 15.0. The minimum atomic E-state index is -0.390. The van der Waals surface area contributed by atoms with Gasteiger partial charge in [-0.3, -0.25) is 0 Å². The molecule has 0 amide bonds. The van der Waals surface area contributed by atoms with Gasteiger partial charge in [-0.25, -0.2) is 0 Å². The Hall–Kier alpha value is -1.26. The van der Waals surface area contributed by atoms with Gasteiger partial charge in [0.2, 0.25) is 0 Å². The van der Waals surface area contributed by atoms with Crippen LogP contribution in [-0.2, 0) is 11.8 Å². The molecule has 1 aliphatic heterocycles. The molecular formula is C20H27NO3. The second-order valence-electron chi connectivity index (χ2n) is 8.37. The van der Waals surface area contributed by atoms with E-state index in [1.807, 2.05) is 6.07 Å². The van der Waals surface area contributed by atoms with E-state index in [1.54, 1.807) is 7.11 Å². The molecule has 2 unspecified atom stereocenters. The maximum absolute atomic E-state index is 10.6. The molecule has 4 heteroatoms. The van der Waals surface area contributed by atoms with E-state index >= 15 is 0 Å². The van der Waals surface area contributed by atoms with E-state index in [9.17, 15) is 5.11 Å². The monoisotopic (exact) mass is 329 g/mol. The van der Waals surface area contributed by atoms with Crippen LogP contribution in [0.2, 0.25) is 0 Å². The number of hydrogen-bond acceptors (Lipinski definition) is 4. The molecule has 0 radical (unpaired) electrons. The summed E-state index contributed by atoms with van der Waals surface area (Å²) in [6, 6.07) is 4.72. The molecule has 0 saturated heterocycles. The van der Waals surface area contributed by atoms with E-state index in [0.717, 1.165) is 43.2 Å². The SMILES string of the molecule is COc1ccc2c3c1OC1[C@H](O)CC[C@H]([C@@H](NCC4CC4)C2)C31C. The Balaban J connectivity index is 1.59. The summed E-state index contributed by atoms with van der Waals surface area (Å²) in [5.41, 5.74) is 2.56. The first-order chi connectivity index (χ1) is 11.6. The number of aliphatic hydroxyl groups excluding tert-OH is 1. The molecule has 3 aliphatic carbocycles. The van der Waals surface area contributed by atoms with E-state index in [0.29, 0.717) is 12.0 Å². The van der Waals surface area contributed by atoms with Crippen LogP contribution in [0.25, 0.3) is 0 Å². The third-order valence-corrected chi connectivity index (χ3v) is 6.99. The summed E-state index contributed by atoms with van der Waals surface area (Å²) in [6.45, 7) is 3.45. The molecule has 4 nitrogen and oxygen atoms in total. The number of hydrogen-bond donors (Lipinski definition) is 2. The van der Waals surface area contributed by atoms with Gasteiger partial charge >= 0.3 is 0 Å². The van der Waals surface area contributed by atoms with Gasteiger partial charge in [-0.1, -0.05) is 13.0 Å². The summed E-state index contributed by atoms with van der Waals surface area (Å²) in [4.78, 5) is 0. The molecule has 0 aromatic heterocycles. The van der Waals surface area contributed by atoms with Gasteiger partial charge in [0, 0.05) is 17.0 Å². The molecule has 5 rings (SSSR count). The number of ether oxygens (including phenoxy) is 2. The maximum Gasteiger partial charge on any atom is 0.165 e. The predicted octanol–water partition coefficient (Wildman–Crippen LogP) is 2.41. The second-order valence-corrected chi connectivity index (χ2v) is 8.37. The van der Waals surface area contributed by atoms with Crippen LogP contribution in [0.15, 0.2) is 12.1 Å². The van der Waals surface area contributed by atoms with E-state index in [-0.39, 0.29) is 11.5 Å². The lowest BCUT2D eigenvalue weighted by Gasteiger charge is -2.51. The van der Waals surface area contributed by atoms with Gasteiger partial charge < -0.3 is 19.9 Å². The summed E-state index contributed by atoms with van der Waals surface area (Å²) in [6.07, 6.45) is 5.18. The van der Waals surface area contributed by atoms with Gasteiger partial charge in [-0.2, -0.15) is 0 Å². The normalized spacial score (nSPS) is 39.3. The van der Waals surface area contributed by atoms with Crippen molar-refractivity contribution in [3.8, 4) is 11.5 Å². The van der Waals surface area contributed by atoms with Gasteiger partial charge in [-0.15, -0.1) is 0 Å². The lowest BCUT2D eigenvalue weighted by Crippen LogP contribution is -2.60. The first-order valence-corrected chi connectivity index (χ1v) is 9.41. The Morgan fingerprint density at radius 3 is 2.88 bits per heavy atom. The quantitative estimate of drug-likeness (QED) is 0.891. The van der Waals surface area contributed by atoms with E-state index in [4.69, 9.17) is 9.47 Å². The Kier molecular flexibility index (Phi) is 3.21. The largest absolute Gasteiger partial charge is 0.493 e. The average molecular weight is 329 g/mol. The van der Waals surface area contributed by atoms with Crippen molar-refractivity contribution in [2.75, 3.05) is 13.7 Å². The van der Waals surface area contributed by atoms with E-state index in [2.05, 4.69) is 18.3 Å². The Bertz CT molecular complexity index is 671. The molecule has 2 saturated carbocycles. The van der Waals surface area contributed by atoms with Crippen LogP contribution in [0.5, 0.6) is 11.5 Å². The first-order valence-electron chi connectivity index (χ1n) is 9.41. The van der Waals surface area contributed by atoms with Crippen molar-refractivity contribution in [1.82, 2.24) is 5.32 Å². The highest BCUT2D eigenvalue weighted by Crippen LogP contribution is 2.60. The summed E-state index contributed by atoms with van der Waals surface area (Å²) < 4.78 is 11.9. The van der Waals surface area contributed by atoms with Crippen molar-refractivity contribution in [2.45, 2.75) is 62.7 Å². The third-order valence-electron chi connectivity index (χ3n) is 6.99. The standard InChI is InChI=1S/C20H27NO3/c1-20-13-6-7-15(22)19(20)24-18-16(23-2)8-5-12(17(18)20)9-14(13)21-10-11-3-4-11/h5,8,11,13-15,19,21-22H,3-4,6-7,9-10H2,1-2H3/t13-,14+,15-,19?,20?/m1/s1. The van der Waals surface area contributed by atoms with Gasteiger partial charge in [0.15, 0.2) is 11.5 Å². The van der Waals surface area contributed by atoms with Crippen LogP contribution in [-0.4, -0.2) is 37.0 Å². The van der Waals surface area contributed by atoms with Crippen molar-refractivity contribution >= 4 is 0 Å². The molecule has 1 aromatic rings. The molecule has 130 valence electrons. The fourth-order valence-corrected chi connectivity index (χ4v) is 5.56. The Labute approximate surface area is 143 Å². The molecule has 0 bridgehead atoms. The number of rotatable bonds is 4. The van der Waals surface area contributed by atoms with E-state index < -0.39 is 6.10 Å². The van der Waals surface area contributed by atoms with Crippen LogP contribution in [0.4, 0.5) is 0 Å². The Morgan fingerprint density at radius 2 is 2.12 bits per heavy atom. The van der Waals surface area contributed by atoms with Crippen LogP contribution >= 0.6 is 0 Å². The second kappa shape index (κ2) is 5.12. The van der Waals surface area contributed by atoms with Crippen LogP contribution in [0.1, 0.15) is 43.7 Å². The molecule has 24 heavy (non-hydrogen) atoms. The molecule has 1 heterocycles. The van der Waals surface area contributed by atoms with Crippen molar-refractivity contribution < 1.29 is 14.6 Å². The summed E-state index contributed by atoms with van der Waals surface area (Å²) in [5, 5.41) is 14.5. The number of methoxy groups -OCH3 is 1. The van der Waals surface area contributed by atoms with Crippen molar-refractivity contribution in [2.24, 2.45) is 11.8 Å². The highest BCUT2D eigenvalue weighted by molar-refractivity contribution is 5.60. The van der Waals surface area contributed by atoms with Crippen molar-refractivity contribution in [3.63, 3.8) is 0 Å². The molecular weight excluding hydrogens is 302 g/mol. The minimum absolute atomic E-state index is 0.115. The van der Waals surface area contributed by atoms with Crippen LogP contribution < -0.4 is 14.8 Å². The Morgan fingerprint density at radius 1 is 1.29 bits per heavy atom. The summed E-state index contributed by atoms with van der Waals surface area (Å²) in [7, 11) is 1.70. The average Bonchev–Trinajstić information content (AvgIpc) is 3.34. The smallest absolute Gasteiger partial charge is 0.165 e. The lowest BCUT2D eigenvalue weighted by molar-refractivity contribution is -0.0562. The fourth-order valence-electron chi connectivity index (χ4n) is 5.56. The summed E-state index contributed by atoms with van der Waals surface area (Å²) in [5.74, 6) is 3.09. The zero-order valence-corrected chi connectivity index (χ0v) is 14.5. The molecule has 4 aliphatic rings. The molecule has 5 atom stereocenters. The number of nitrogens with one attached hydrogen (secondary N) is 1. The minimum Gasteiger partial charge on any atom is -0.493 e. The van der Waals surface area contributed by atoms with E-state index in [1.165, 1.54) is 24.0 Å². The zero-order chi connectivity index (χ0) is 16.5.